The zero-order chi connectivity index (χ0) is 18.8. The monoisotopic (exact) mass is 505 g/mol. The van der Waals surface area contributed by atoms with Crippen molar-refractivity contribution >= 4 is 29.9 Å². The Hall–Kier alpha value is -0.800. The summed E-state index contributed by atoms with van der Waals surface area (Å²) in [5.41, 5.74) is 0.115. The lowest BCUT2D eigenvalue weighted by atomic mass is 9.89. The molecule has 1 atom stereocenters. The lowest BCUT2D eigenvalue weighted by molar-refractivity contribution is -0.0815. The van der Waals surface area contributed by atoms with Crippen LogP contribution in [-0.2, 0) is 15.9 Å². The van der Waals surface area contributed by atoms with Crippen molar-refractivity contribution in [3.8, 4) is 0 Å². The molecule has 160 valence electrons. The van der Waals surface area contributed by atoms with E-state index in [0.717, 1.165) is 70.3 Å². The van der Waals surface area contributed by atoms with Crippen LogP contribution in [0, 0.1) is 0 Å². The summed E-state index contributed by atoms with van der Waals surface area (Å²) in [4.78, 5) is 4.77. The maximum Gasteiger partial charge on any atom is 0.191 e. The maximum atomic E-state index is 6.16. The van der Waals surface area contributed by atoms with E-state index in [-0.39, 0.29) is 29.6 Å². The van der Waals surface area contributed by atoms with Gasteiger partial charge in [0, 0.05) is 45.4 Å². The van der Waals surface area contributed by atoms with Gasteiger partial charge in [0.05, 0.1) is 11.9 Å². The first kappa shape index (κ1) is 23.5. The van der Waals surface area contributed by atoms with Gasteiger partial charge in [-0.2, -0.15) is 0 Å². The Labute approximate surface area is 186 Å². The average molecular weight is 505 g/mol. The molecule has 0 aromatic carbocycles. The molecule has 1 aliphatic heterocycles. The molecule has 7 heteroatoms. The number of rotatable bonds is 9. The van der Waals surface area contributed by atoms with Gasteiger partial charge in [0.2, 0.25) is 0 Å². The SMILES string of the molecule is CCOCCCN=C(NCCc1ccco1)NC1CCOC2(CCCC2)C1.I. The van der Waals surface area contributed by atoms with Crippen LogP contribution in [0.1, 0.15) is 57.6 Å². The van der Waals surface area contributed by atoms with Crippen molar-refractivity contribution in [3.05, 3.63) is 24.2 Å². The Morgan fingerprint density at radius 1 is 1.36 bits per heavy atom. The van der Waals surface area contributed by atoms with Crippen LogP contribution >= 0.6 is 24.0 Å². The number of halogens is 1. The highest BCUT2D eigenvalue weighted by Crippen LogP contribution is 2.39. The van der Waals surface area contributed by atoms with Crippen molar-refractivity contribution in [3.63, 3.8) is 0 Å². The second kappa shape index (κ2) is 12.7. The van der Waals surface area contributed by atoms with Crippen LogP contribution in [0.25, 0.3) is 0 Å². The molecular weight excluding hydrogens is 469 g/mol. The van der Waals surface area contributed by atoms with E-state index in [0.29, 0.717) is 6.04 Å². The summed E-state index contributed by atoms with van der Waals surface area (Å²) in [5, 5.41) is 7.14. The molecule has 28 heavy (non-hydrogen) atoms. The number of aliphatic imine (C=N–C) groups is 1. The lowest BCUT2D eigenvalue weighted by Crippen LogP contribution is -2.51. The van der Waals surface area contributed by atoms with Crippen molar-refractivity contribution < 1.29 is 13.9 Å². The Morgan fingerprint density at radius 3 is 2.96 bits per heavy atom. The number of nitrogens with zero attached hydrogens (tertiary/aromatic N) is 1. The predicted molar refractivity (Wildman–Crippen MR) is 123 cm³/mol. The summed E-state index contributed by atoms with van der Waals surface area (Å²) in [6, 6.07) is 4.37. The van der Waals surface area contributed by atoms with E-state index in [1.165, 1.54) is 25.7 Å². The first-order chi connectivity index (χ1) is 13.3. The normalized spacial score (nSPS) is 21.5. The van der Waals surface area contributed by atoms with Crippen LogP contribution in [0.5, 0.6) is 0 Å². The molecule has 1 aromatic heterocycles. The number of hydrogen-bond acceptors (Lipinski definition) is 4. The summed E-state index contributed by atoms with van der Waals surface area (Å²) in [6.07, 6.45) is 10.7. The predicted octanol–water partition coefficient (Wildman–Crippen LogP) is 3.89. The van der Waals surface area contributed by atoms with E-state index >= 15 is 0 Å². The fourth-order valence-corrected chi connectivity index (χ4v) is 4.13. The summed E-state index contributed by atoms with van der Waals surface area (Å²) >= 11 is 0. The second-order valence-corrected chi connectivity index (χ2v) is 7.61. The number of furan rings is 1. The highest BCUT2D eigenvalue weighted by atomic mass is 127. The molecule has 1 aliphatic carbocycles. The fourth-order valence-electron chi connectivity index (χ4n) is 4.13. The highest BCUT2D eigenvalue weighted by Gasteiger charge is 2.40. The highest BCUT2D eigenvalue weighted by molar-refractivity contribution is 14.0. The third-order valence-corrected chi connectivity index (χ3v) is 5.51. The average Bonchev–Trinajstić information content (AvgIpc) is 3.34. The smallest absolute Gasteiger partial charge is 0.191 e. The topological polar surface area (TPSA) is 68.0 Å². The van der Waals surface area contributed by atoms with Gasteiger partial charge in [-0.25, -0.2) is 0 Å². The molecule has 3 rings (SSSR count). The van der Waals surface area contributed by atoms with E-state index in [9.17, 15) is 0 Å². The van der Waals surface area contributed by atoms with Gasteiger partial charge in [-0.05, 0) is 51.2 Å². The fraction of sp³-hybridized carbons (Fsp3) is 0.762. The first-order valence-corrected chi connectivity index (χ1v) is 10.6. The van der Waals surface area contributed by atoms with Crippen LogP contribution in [-0.4, -0.2) is 50.5 Å². The quantitative estimate of drug-likeness (QED) is 0.231. The van der Waals surface area contributed by atoms with Gasteiger partial charge in [-0.15, -0.1) is 24.0 Å². The van der Waals surface area contributed by atoms with Crippen LogP contribution in [0.2, 0.25) is 0 Å². The van der Waals surface area contributed by atoms with Gasteiger partial charge in [-0.3, -0.25) is 4.99 Å². The number of nitrogens with one attached hydrogen (secondary N) is 2. The third kappa shape index (κ3) is 7.55. The molecule has 1 saturated heterocycles. The molecule has 0 amide bonds. The summed E-state index contributed by atoms with van der Waals surface area (Å²) < 4.78 is 17.0. The molecular formula is C21H36IN3O3. The van der Waals surface area contributed by atoms with E-state index in [1.807, 2.05) is 19.1 Å². The van der Waals surface area contributed by atoms with Crippen LogP contribution < -0.4 is 10.6 Å². The lowest BCUT2D eigenvalue weighted by Gasteiger charge is -2.39. The number of guanidine groups is 1. The minimum absolute atomic E-state index is 0. The van der Waals surface area contributed by atoms with Crippen LogP contribution in [0.4, 0.5) is 0 Å². The van der Waals surface area contributed by atoms with Crippen molar-refractivity contribution in [1.29, 1.82) is 0 Å². The van der Waals surface area contributed by atoms with E-state index in [1.54, 1.807) is 6.26 Å². The zero-order valence-electron chi connectivity index (χ0n) is 17.1. The molecule has 1 unspecified atom stereocenters. The van der Waals surface area contributed by atoms with Crippen LogP contribution in [0.3, 0.4) is 0 Å². The Morgan fingerprint density at radius 2 is 2.21 bits per heavy atom. The molecule has 2 fully saturated rings. The van der Waals surface area contributed by atoms with E-state index < -0.39 is 0 Å². The summed E-state index contributed by atoms with van der Waals surface area (Å²) in [7, 11) is 0. The van der Waals surface area contributed by atoms with Crippen molar-refractivity contribution in [1.82, 2.24) is 10.6 Å². The molecule has 2 N–H and O–H groups in total. The van der Waals surface area contributed by atoms with Gasteiger partial charge in [0.25, 0.3) is 0 Å². The van der Waals surface area contributed by atoms with Gasteiger partial charge in [-0.1, -0.05) is 12.8 Å². The molecule has 1 spiro atoms. The number of hydrogen-bond donors (Lipinski definition) is 2. The third-order valence-electron chi connectivity index (χ3n) is 5.51. The Kier molecular flexibility index (Phi) is 10.6. The molecule has 0 radical (unpaired) electrons. The van der Waals surface area contributed by atoms with Crippen molar-refractivity contribution in [2.75, 3.05) is 32.9 Å². The molecule has 1 aromatic rings. The standard InChI is InChI=1S/C21H35N3O3.HI/c1-2-25-14-6-12-22-20(23-13-8-19-7-5-15-26-19)24-18-9-16-27-21(17-18)10-3-4-11-21;/h5,7,15,18H,2-4,6,8-14,16-17H2,1H3,(H2,22,23,24);1H. The van der Waals surface area contributed by atoms with E-state index in [2.05, 4.69) is 10.6 Å². The molecule has 0 bridgehead atoms. The first-order valence-electron chi connectivity index (χ1n) is 10.6. The van der Waals surface area contributed by atoms with Gasteiger partial charge in [0.15, 0.2) is 5.96 Å². The minimum Gasteiger partial charge on any atom is -0.469 e. The minimum atomic E-state index is 0. The summed E-state index contributed by atoms with van der Waals surface area (Å²) in [6.45, 7) is 5.97. The molecule has 1 saturated carbocycles. The Balaban J connectivity index is 0.00000280. The largest absolute Gasteiger partial charge is 0.469 e. The second-order valence-electron chi connectivity index (χ2n) is 7.61. The van der Waals surface area contributed by atoms with Crippen LogP contribution in [0.15, 0.2) is 27.8 Å². The molecule has 6 nitrogen and oxygen atoms in total. The number of ether oxygens (including phenoxy) is 2. The molecule has 2 heterocycles. The van der Waals surface area contributed by atoms with E-state index in [4.69, 9.17) is 18.9 Å². The molecule has 2 aliphatic rings. The Bertz CT molecular complexity index is 559. The van der Waals surface area contributed by atoms with Crippen molar-refractivity contribution in [2.24, 2.45) is 4.99 Å². The van der Waals surface area contributed by atoms with Crippen molar-refractivity contribution in [2.45, 2.75) is 69.9 Å². The summed E-state index contributed by atoms with van der Waals surface area (Å²) in [5.74, 6) is 1.90. The van der Waals surface area contributed by atoms with Gasteiger partial charge in [0.1, 0.15) is 5.76 Å². The van der Waals surface area contributed by atoms with Gasteiger partial charge < -0.3 is 24.5 Å². The van der Waals surface area contributed by atoms with Gasteiger partial charge >= 0.3 is 0 Å². The maximum absolute atomic E-state index is 6.16. The zero-order valence-corrected chi connectivity index (χ0v) is 19.4.